The maximum absolute atomic E-state index is 13.0. The standard InChI is InChI=1S/C20H29NO4/c1-3-25-14-15-8-7-11-17(12-15)21-19(24)20(2,13-18(22)23)16-9-5-4-6-10-16/h7-8,11-12,16H,3-6,9-10,13-14H2,1-2H3,(H,21,24)(H,22,23). The first-order valence-electron chi connectivity index (χ1n) is 9.15. The summed E-state index contributed by atoms with van der Waals surface area (Å²) in [4.78, 5) is 24.4. The third-order valence-electron chi connectivity index (χ3n) is 5.20. The highest BCUT2D eigenvalue weighted by Gasteiger charge is 2.43. The lowest BCUT2D eigenvalue weighted by Crippen LogP contribution is -2.42. The van der Waals surface area contributed by atoms with E-state index in [2.05, 4.69) is 5.32 Å². The Morgan fingerprint density at radius 3 is 2.64 bits per heavy atom. The van der Waals surface area contributed by atoms with Gasteiger partial charge in [0.25, 0.3) is 0 Å². The molecule has 0 radical (unpaired) electrons. The number of hydrogen-bond donors (Lipinski definition) is 2. The average molecular weight is 347 g/mol. The molecular weight excluding hydrogens is 318 g/mol. The monoisotopic (exact) mass is 347 g/mol. The van der Waals surface area contributed by atoms with Gasteiger partial charge in [0.2, 0.25) is 5.91 Å². The van der Waals surface area contributed by atoms with E-state index < -0.39 is 11.4 Å². The van der Waals surface area contributed by atoms with Crippen LogP contribution in [0.4, 0.5) is 5.69 Å². The van der Waals surface area contributed by atoms with E-state index in [9.17, 15) is 14.7 Å². The van der Waals surface area contributed by atoms with Crippen LogP contribution in [0.1, 0.15) is 57.9 Å². The molecule has 0 spiro atoms. The first kappa shape index (κ1) is 19.4. The third kappa shape index (κ3) is 5.30. The van der Waals surface area contributed by atoms with Crippen LogP contribution in [0.25, 0.3) is 0 Å². The van der Waals surface area contributed by atoms with E-state index in [1.54, 1.807) is 6.92 Å². The number of carboxylic acid groups (broad SMARTS) is 1. The number of benzene rings is 1. The Kier molecular flexibility index (Phi) is 7.00. The number of carboxylic acids is 1. The molecule has 1 amide bonds. The maximum Gasteiger partial charge on any atom is 0.304 e. The van der Waals surface area contributed by atoms with Crippen LogP contribution in [0, 0.1) is 11.3 Å². The molecular formula is C20H29NO4. The van der Waals surface area contributed by atoms with Crippen molar-refractivity contribution in [2.24, 2.45) is 11.3 Å². The van der Waals surface area contributed by atoms with Crippen molar-refractivity contribution in [3.05, 3.63) is 29.8 Å². The highest BCUT2D eigenvalue weighted by Crippen LogP contribution is 2.42. The molecule has 1 aromatic carbocycles. The Hall–Kier alpha value is -1.88. The largest absolute Gasteiger partial charge is 0.481 e. The molecule has 1 unspecified atom stereocenters. The number of hydrogen-bond acceptors (Lipinski definition) is 3. The van der Waals surface area contributed by atoms with Gasteiger partial charge in [-0.25, -0.2) is 0 Å². The molecule has 1 atom stereocenters. The predicted molar refractivity (Wildman–Crippen MR) is 97.3 cm³/mol. The van der Waals surface area contributed by atoms with Crippen molar-refractivity contribution in [2.45, 2.75) is 59.0 Å². The first-order chi connectivity index (χ1) is 12.0. The summed E-state index contributed by atoms with van der Waals surface area (Å²) in [7, 11) is 0. The molecule has 0 bridgehead atoms. The van der Waals surface area contributed by atoms with E-state index in [4.69, 9.17) is 4.74 Å². The number of amides is 1. The van der Waals surface area contributed by atoms with Crippen LogP contribution in [0.3, 0.4) is 0 Å². The van der Waals surface area contributed by atoms with Crippen LogP contribution in [-0.4, -0.2) is 23.6 Å². The van der Waals surface area contributed by atoms with Crippen LogP contribution in [-0.2, 0) is 20.9 Å². The van der Waals surface area contributed by atoms with E-state index in [0.717, 1.165) is 31.2 Å². The van der Waals surface area contributed by atoms with Gasteiger partial charge in [-0.3, -0.25) is 9.59 Å². The highest BCUT2D eigenvalue weighted by atomic mass is 16.5. The molecule has 0 saturated heterocycles. The zero-order chi connectivity index (χ0) is 18.3. The Morgan fingerprint density at radius 2 is 2.00 bits per heavy atom. The molecule has 1 aliphatic rings. The van der Waals surface area contributed by atoms with Crippen molar-refractivity contribution in [2.75, 3.05) is 11.9 Å². The number of rotatable bonds is 8. The fourth-order valence-electron chi connectivity index (χ4n) is 3.70. The van der Waals surface area contributed by atoms with Gasteiger partial charge < -0.3 is 15.2 Å². The molecule has 0 aromatic heterocycles. The average Bonchev–Trinajstić information content (AvgIpc) is 2.60. The van der Waals surface area contributed by atoms with Crippen LogP contribution in [0.2, 0.25) is 0 Å². The molecule has 0 aliphatic heterocycles. The minimum Gasteiger partial charge on any atom is -0.481 e. The molecule has 25 heavy (non-hydrogen) atoms. The van der Waals surface area contributed by atoms with Gasteiger partial charge in [0.1, 0.15) is 0 Å². The second-order valence-electron chi connectivity index (χ2n) is 7.11. The molecule has 5 heteroatoms. The number of anilines is 1. The zero-order valence-electron chi connectivity index (χ0n) is 15.2. The SMILES string of the molecule is CCOCc1cccc(NC(=O)C(C)(CC(=O)O)C2CCCCC2)c1. The molecule has 0 heterocycles. The molecule has 2 rings (SSSR count). The number of carbonyl (C=O) groups excluding carboxylic acids is 1. The van der Waals surface area contributed by atoms with Gasteiger partial charge in [-0.1, -0.05) is 31.4 Å². The Bertz CT molecular complexity index is 595. The fraction of sp³-hybridized carbons (Fsp3) is 0.600. The summed E-state index contributed by atoms with van der Waals surface area (Å²) in [6.07, 6.45) is 5.00. The summed E-state index contributed by atoms with van der Waals surface area (Å²) in [6, 6.07) is 7.53. The summed E-state index contributed by atoms with van der Waals surface area (Å²) >= 11 is 0. The lowest BCUT2D eigenvalue weighted by molar-refractivity contribution is -0.145. The smallest absolute Gasteiger partial charge is 0.304 e. The van der Waals surface area contributed by atoms with Crippen molar-refractivity contribution >= 4 is 17.6 Å². The third-order valence-corrected chi connectivity index (χ3v) is 5.20. The van der Waals surface area contributed by atoms with Crippen molar-refractivity contribution < 1.29 is 19.4 Å². The van der Waals surface area contributed by atoms with Crippen molar-refractivity contribution in [3.8, 4) is 0 Å². The first-order valence-corrected chi connectivity index (χ1v) is 9.15. The van der Waals surface area contributed by atoms with Crippen LogP contribution in [0.5, 0.6) is 0 Å². The van der Waals surface area contributed by atoms with Gasteiger partial charge in [0, 0.05) is 12.3 Å². The molecule has 1 aromatic rings. The summed E-state index contributed by atoms with van der Waals surface area (Å²) in [6.45, 7) is 4.87. The van der Waals surface area contributed by atoms with E-state index in [1.165, 1.54) is 6.42 Å². The van der Waals surface area contributed by atoms with E-state index in [-0.39, 0.29) is 18.2 Å². The lowest BCUT2D eigenvalue weighted by atomic mass is 9.67. The van der Waals surface area contributed by atoms with Gasteiger partial charge in [0.15, 0.2) is 0 Å². The van der Waals surface area contributed by atoms with E-state index >= 15 is 0 Å². The Morgan fingerprint density at radius 1 is 1.28 bits per heavy atom. The molecule has 1 fully saturated rings. The molecule has 5 nitrogen and oxygen atoms in total. The Balaban J connectivity index is 2.14. The van der Waals surface area contributed by atoms with Crippen LogP contribution >= 0.6 is 0 Å². The van der Waals surface area contributed by atoms with Crippen molar-refractivity contribution in [1.29, 1.82) is 0 Å². The minimum atomic E-state index is -0.923. The number of carbonyl (C=O) groups is 2. The highest BCUT2D eigenvalue weighted by molar-refractivity contribution is 5.97. The number of nitrogens with one attached hydrogen (secondary N) is 1. The van der Waals surface area contributed by atoms with Gasteiger partial charge in [-0.05, 0) is 50.3 Å². The molecule has 1 aliphatic carbocycles. The molecule has 2 N–H and O–H groups in total. The fourth-order valence-corrected chi connectivity index (χ4v) is 3.70. The zero-order valence-corrected chi connectivity index (χ0v) is 15.2. The van der Waals surface area contributed by atoms with Gasteiger partial charge >= 0.3 is 5.97 Å². The maximum atomic E-state index is 13.0. The number of aliphatic carboxylic acids is 1. The lowest BCUT2D eigenvalue weighted by Gasteiger charge is -2.37. The van der Waals surface area contributed by atoms with Gasteiger partial charge in [-0.2, -0.15) is 0 Å². The normalized spacial score (nSPS) is 17.7. The second-order valence-corrected chi connectivity index (χ2v) is 7.11. The second kappa shape index (κ2) is 8.99. The van der Waals surface area contributed by atoms with E-state index in [0.29, 0.717) is 18.9 Å². The molecule has 138 valence electrons. The van der Waals surface area contributed by atoms with Crippen molar-refractivity contribution in [1.82, 2.24) is 0 Å². The quantitative estimate of drug-likeness (QED) is 0.738. The van der Waals surface area contributed by atoms with Gasteiger partial charge in [-0.15, -0.1) is 0 Å². The summed E-state index contributed by atoms with van der Waals surface area (Å²) in [5.41, 5.74) is 0.786. The summed E-state index contributed by atoms with van der Waals surface area (Å²) < 4.78 is 5.40. The topological polar surface area (TPSA) is 75.6 Å². The van der Waals surface area contributed by atoms with Crippen LogP contribution in [0.15, 0.2) is 24.3 Å². The predicted octanol–water partition coefficient (Wildman–Crippen LogP) is 4.22. The van der Waals surface area contributed by atoms with Crippen molar-refractivity contribution in [3.63, 3.8) is 0 Å². The minimum absolute atomic E-state index is 0.115. The van der Waals surface area contributed by atoms with Crippen LogP contribution < -0.4 is 5.32 Å². The van der Waals surface area contributed by atoms with E-state index in [1.807, 2.05) is 31.2 Å². The summed E-state index contributed by atoms with van der Waals surface area (Å²) in [5.74, 6) is -1.01. The number of ether oxygens (including phenoxy) is 1. The Labute approximate surface area is 149 Å². The van der Waals surface area contributed by atoms with Gasteiger partial charge in [0.05, 0.1) is 18.4 Å². The summed E-state index contributed by atoms with van der Waals surface area (Å²) in [5, 5.41) is 12.3. The molecule has 1 saturated carbocycles.